The van der Waals surface area contributed by atoms with Crippen molar-refractivity contribution < 1.29 is 4.39 Å². The minimum absolute atomic E-state index is 0.265. The molecule has 0 atom stereocenters. The van der Waals surface area contributed by atoms with Crippen molar-refractivity contribution >= 4 is 23.0 Å². The van der Waals surface area contributed by atoms with Crippen molar-refractivity contribution in [3.05, 3.63) is 58.4 Å². The maximum absolute atomic E-state index is 13.4. The first-order valence-electron chi connectivity index (χ1n) is 5.60. The second kappa shape index (κ2) is 5.27. The van der Waals surface area contributed by atoms with Crippen LogP contribution in [0.2, 0.25) is 5.02 Å². The van der Waals surface area contributed by atoms with E-state index in [0.717, 1.165) is 11.3 Å². The Balaban J connectivity index is 2.10. The van der Waals surface area contributed by atoms with Crippen molar-refractivity contribution in [1.82, 2.24) is 0 Å². The highest BCUT2D eigenvalue weighted by atomic mass is 35.5. The lowest BCUT2D eigenvalue weighted by Gasteiger charge is -2.10. The topological polar surface area (TPSA) is 38.0 Å². The molecule has 2 aromatic rings. The summed E-state index contributed by atoms with van der Waals surface area (Å²) in [7, 11) is 0. The Morgan fingerprint density at radius 1 is 1.22 bits per heavy atom. The summed E-state index contributed by atoms with van der Waals surface area (Å²) < 4.78 is 13.4. The molecule has 0 amide bonds. The SMILES string of the molecule is Cc1cc(Cl)c(NCc2ccc(N)cc2)cc1F. The first kappa shape index (κ1) is 12.7. The average Bonchev–Trinajstić information content (AvgIpc) is 2.34. The van der Waals surface area contributed by atoms with E-state index in [-0.39, 0.29) is 5.82 Å². The molecule has 18 heavy (non-hydrogen) atoms. The van der Waals surface area contributed by atoms with Gasteiger partial charge in [0.1, 0.15) is 5.82 Å². The molecule has 0 fully saturated rings. The Labute approximate surface area is 111 Å². The number of halogens is 2. The zero-order chi connectivity index (χ0) is 13.1. The first-order chi connectivity index (χ1) is 8.56. The van der Waals surface area contributed by atoms with E-state index in [1.165, 1.54) is 6.07 Å². The predicted molar refractivity (Wildman–Crippen MR) is 74.3 cm³/mol. The van der Waals surface area contributed by atoms with E-state index in [1.54, 1.807) is 13.0 Å². The van der Waals surface area contributed by atoms with Crippen molar-refractivity contribution in [1.29, 1.82) is 0 Å². The molecule has 0 aromatic heterocycles. The van der Waals surface area contributed by atoms with Gasteiger partial charge in [0.2, 0.25) is 0 Å². The molecule has 2 nitrogen and oxygen atoms in total. The number of nitrogen functional groups attached to an aromatic ring is 1. The normalized spacial score (nSPS) is 10.4. The average molecular weight is 265 g/mol. The van der Waals surface area contributed by atoms with Crippen LogP contribution in [0.15, 0.2) is 36.4 Å². The standard InChI is InChI=1S/C14H14ClFN2/c1-9-6-12(15)14(7-13(9)16)18-8-10-2-4-11(17)5-3-10/h2-7,18H,8,17H2,1H3. The van der Waals surface area contributed by atoms with Gasteiger partial charge in [-0.15, -0.1) is 0 Å². The van der Waals surface area contributed by atoms with Gasteiger partial charge in [0, 0.05) is 12.2 Å². The van der Waals surface area contributed by atoms with E-state index >= 15 is 0 Å². The van der Waals surface area contributed by atoms with Gasteiger partial charge in [-0.05, 0) is 42.3 Å². The molecule has 3 N–H and O–H groups in total. The van der Waals surface area contributed by atoms with Crippen molar-refractivity contribution in [3.8, 4) is 0 Å². The van der Waals surface area contributed by atoms with Crippen LogP contribution in [-0.2, 0) is 6.54 Å². The molecule has 0 aliphatic carbocycles. The van der Waals surface area contributed by atoms with Gasteiger partial charge in [-0.2, -0.15) is 0 Å². The van der Waals surface area contributed by atoms with Gasteiger partial charge in [0.05, 0.1) is 10.7 Å². The van der Waals surface area contributed by atoms with Crippen LogP contribution >= 0.6 is 11.6 Å². The highest BCUT2D eigenvalue weighted by molar-refractivity contribution is 6.33. The fourth-order valence-electron chi connectivity index (χ4n) is 1.61. The molecule has 2 aromatic carbocycles. The van der Waals surface area contributed by atoms with Crippen LogP contribution in [0.4, 0.5) is 15.8 Å². The third-order valence-electron chi connectivity index (χ3n) is 2.71. The summed E-state index contributed by atoms with van der Waals surface area (Å²) in [5.41, 5.74) is 8.51. The summed E-state index contributed by atoms with van der Waals surface area (Å²) >= 11 is 6.04. The third-order valence-corrected chi connectivity index (χ3v) is 3.02. The second-order valence-corrected chi connectivity index (χ2v) is 4.58. The summed E-state index contributed by atoms with van der Waals surface area (Å²) in [6.07, 6.45) is 0. The Bertz CT molecular complexity index is 552. The van der Waals surface area contributed by atoms with Crippen molar-refractivity contribution in [2.24, 2.45) is 0 Å². The Morgan fingerprint density at radius 2 is 1.89 bits per heavy atom. The molecule has 0 heterocycles. The molecule has 4 heteroatoms. The van der Waals surface area contributed by atoms with E-state index in [9.17, 15) is 4.39 Å². The summed E-state index contributed by atoms with van der Waals surface area (Å²) in [5, 5.41) is 3.62. The van der Waals surface area contributed by atoms with E-state index in [0.29, 0.717) is 22.8 Å². The van der Waals surface area contributed by atoms with Crippen molar-refractivity contribution in [2.45, 2.75) is 13.5 Å². The van der Waals surface area contributed by atoms with E-state index < -0.39 is 0 Å². The summed E-state index contributed by atoms with van der Waals surface area (Å²) in [5.74, 6) is -0.265. The largest absolute Gasteiger partial charge is 0.399 e. The lowest BCUT2D eigenvalue weighted by molar-refractivity contribution is 0.619. The molecule has 0 aliphatic heterocycles. The van der Waals surface area contributed by atoms with Gasteiger partial charge < -0.3 is 11.1 Å². The Morgan fingerprint density at radius 3 is 2.56 bits per heavy atom. The number of benzene rings is 2. The van der Waals surface area contributed by atoms with Crippen LogP contribution in [0.25, 0.3) is 0 Å². The number of nitrogens with one attached hydrogen (secondary N) is 1. The van der Waals surface area contributed by atoms with E-state index in [4.69, 9.17) is 17.3 Å². The fraction of sp³-hybridized carbons (Fsp3) is 0.143. The quantitative estimate of drug-likeness (QED) is 0.823. The van der Waals surface area contributed by atoms with Crippen LogP contribution in [0.3, 0.4) is 0 Å². The van der Waals surface area contributed by atoms with Gasteiger partial charge in [-0.3, -0.25) is 0 Å². The molecule has 0 saturated carbocycles. The second-order valence-electron chi connectivity index (χ2n) is 4.18. The Hall–Kier alpha value is -1.74. The van der Waals surface area contributed by atoms with Crippen LogP contribution in [0.1, 0.15) is 11.1 Å². The Kier molecular flexibility index (Phi) is 3.72. The molecule has 94 valence electrons. The number of nitrogens with two attached hydrogens (primary N) is 1. The zero-order valence-electron chi connectivity index (χ0n) is 10.0. The summed E-state index contributed by atoms with van der Waals surface area (Å²) in [6, 6.07) is 10.5. The number of hydrogen-bond donors (Lipinski definition) is 2. The highest BCUT2D eigenvalue weighted by Gasteiger charge is 2.05. The molecule has 0 aliphatic rings. The zero-order valence-corrected chi connectivity index (χ0v) is 10.8. The van der Waals surface area contributed by atoms with Gasteiger partial charge in [0.25, 0.3) is 0 Å². The minimum atomic E-state index is -0.265. The predicted octanol–water partition coefficient (Wildman–Crippen LogP) is 3.98. The van der Waals surface area contributed by atoms with Gasteiger partial charge in [-0.25, -0.2) is 4.39 Å². The van der Waals surface area contributed by atoms with E-state index in [1.807, 2.05) is 24.3 Å². The maximum Gasteiger partial charge on any atom is 0.128 e. The maximum atomic E-state index is 13.4. The van der Waals surface area contributed by atoms with Gasteiger partial charge >= 0.3 is 0 Å². The third kappa shape index (κ3) is 2.93. The molecule has 0 unspecified atom stereocenters. The van der Waals surface area contributed by atoms with E-state index in [2.05, 4.69) is 5.32 Å². The fourth-order valence-corrected chi connectivity index (χ4v) is 1.90. The molecular weight excluding hydrogens is 251 g/mol. The van der Waals surface area contributed by atoms with Crippen LogP contribution in [-0.4, -0.2) is 0 Å². The van der Waals surface area contributed by atoms with Crippen LogP contribution in [0.5, 0.6) is 0 Å². The highest BCUT2D eigenvalue weighted by Crippen LogP contribution is 2.25. The smallest absolute Gasteiger partial charge is 0.128 e. The van der Waals surface area contributed by atoms with Gasteiger partial charge in [-0.1, -0.05) is 23.7 Å². The minimum Gasteiger partial charge on any atom is -0.399 e. The number of rotatable bonds is 3. The lowest BCUT2D eigenvalue weighted by Crippen LogP contribution is -2.01. The van der Waals surface area contributed by atoms with Crippen molar-refractivity contribution in [2.75, 3.05) is 11.1 Å². The number of aryl methyl sites for hydroxylation is 1. The summed E-state index contributed by atoms with van der Waals surface area (Å²) in [4.78, 5) is 0. The molecule has 0 saturated heterocycles. The molecule has 0 spiro atoms. The first-order valence-corrected chi connectivity index (χ1v) is 5.98. The molecule has 2 rings (SSSR count). The van der Waals surface area contributed by atoms with Crippen LogP contribution in [0, 0.1) is 12.7 Å². The lowest BCUT2D eigenvalue weighted by atomic mass is 10.2. The molecule has 0 bridgehead atoms. The number of anilines is 2. The van der Waals surface area contributed by atoms with Crippen molar-refractivity contribution in [3.63, 3.8) is 0 Å². The molecular formula is C14H14ClFN2. The van der Waals surface area contributed by atoms with Gasteiger partial charge in [0.15, 0.2) is 0 Å². The summed E-state index contributed by atoms with van der Waals surface area (Å²) in [6.45, 7) is 2.26. The monoisotopic (exact) mass is 264 g/mol. The number of hydrogen-bond acceptors (Lipinski definition) is 2. The molecule has 0 radical (unpaired) electrons. The van der Waals surface area contributed by atoms with Crippen LogP contribution < -0.4 is 11.1 Å².